The highest BCUT2D eigenvalue weighted by molar-refractivity contribution is 5.73. The van der Waals surface area contributed by atoms with Crippen molar-refractivity contribution in [3.05, 3.63) is 41.5 Å². The average molecular weight is 376 g/mol. The molecule has 0 spiro atoms. The predicted molar refractivity (Wildman–Crippen MR) is 95.3 cm³/mol. The van der Waals surface area contributed by atoms with Gasteiger partial charge in [0, 0.05) is 11.6 Å². The highest BCUT2D eigenvalue weighted by atomic mass is 16.5. The Labute approximate surface area is 155 Å². The first-order chi connectivity index (χ1) is 12.9. The van der Waals surface area contributed by atoms with Gasteiger partial charge in [0.1, 0.15) is 5.75 Å². The van der Waals surface area contributed by atoms with Crippen molar-refractivity contribution in [1.29, 1.82) is 0 Å². The van der Waals surface area contributed by atoms with Crippen LogP contribution in [0.3, 0.4) is 0 Å². The van der Waals surface area contributed by atoms with Gasteiger partial charge in [0.25, 0.3) is 0 Å². The number of carboxylic acids is 2. The molecule has 0 fully saturated rings. The Morgan fingerprint density at radius 2 is 1.33 bits per heavy atom. The molecule has 0 unspecified atom stereocenters. The molecule has 0 aliphatic heterocycles. The van der Waals surface area contributed by atoms with E-state index < -0.39 is 11.9 Å². The maximum atomic E-state index is 11.2. The van der Waals surface area contributed by atoms with Crippen molar-refractivity contribution < 1.29 is 38.7 Å². The van der Waals surface area contributed by atoms with E-state index in [2.05, 4.69) is 0 Å². The Kier molecular flexibility index (Phi) is 6.48. The molecule has 8 heteroatoms. The lowest BCUT2D eigenvalue weighted by molar-refractivity contribution is -0.137. The van der Waals surface area contributed by atoms with Gasteiger partial charge in [-0.25, -0.2) is 0 Å². The fourth-order valence-corrected chi connectivity index (χ4v) is 2.50. The molecule has 0 aliphatic rings. The van der Waals surface area contributed by atoms with Gasteiger partial charge in [-0.3, -0.25) is 9.59 Å². The van der Waals surface area contributed by atoms with E-state index in [4.69, 9.17) is 24.1 Å². The van der Waals surface area contributed by atoms with Crippen LogP contribution in [-0.4, -0.2) is 43.5 Å². The average Bonchev–Trinajstić information content (AvgIpc) is 2.62. The van der Waals surface area contributed by atoms with E-state index in [0.717, 1.165) is 0 Å². The van der Waals surface area contributed by atoms with Gasteiger partial charge in [-0.2, -0.15) is 0 Å². The van der Waals surface area contributed by atoms with Gasteiger partial charge < -0.3 is 29.2 Å². The minimum atomic E-state index is -1.04. The van der Waals surface area contributed by atoms with Crippen LogP contribution in [0.5, 0.6) is 28.7 Å². The Morgan fingerprint density at radius 1 is 0.741 bits per heavy atom. The lowest BCUT2D eigenvalue weighted by Crippen LogP contribution is -2.05. The highest BCUT2D eigenvalue weighted by Crippen LogP contribution is 2.39. The van der Waals surface area contributed by atoms with Gasteiger partial charge in [0.15, 0.2) is 23.0 Å². The lowest BCUT2D eigenvalue weighted by atomic mass is 10.1. The number of hydrogen-bond acceptors (Lipinski definition) is 6. The largest absolute Gasteiger partial charge is 0.493 e. The van der Waals surface area contributed by atoms with Crippen molar-refractivity contribution in [3.63, 3.8) is 0 Å². The lowest BCUT2D eigenvalue weighted by Gasteiger charge is -2.16. The monoisotopic (exact) mass is 376 g/mol. The number of carboxylic acid groups (broad SMARTS) is 2. The van der Waals surface area contributed by atoms with Gasteiger partial charge in [-0.1, -0.05) is 6.07 Å². The number of ether oxygens (including phenoxy) is 4. The third-order valence-corrected chi connectivity index (χ3v) is 3.71. The van der Waals surface area contributed by atoms with Crippen LogP contribution >= 0.6 is 0 Å². The summed E-state index contributed by atoms with van der Waals surface area (Å²) >= 11 is 0. The second-order valence-electron chi connectivity index (χ2n) is 5.54. The van der Waals surface area contributed by atoms with Crippen molar-refractivity contribution in [2.45, 2.75) is 12.8 Å². The Balaban J connectivity index is 2.51. The van der Waals surface area contributed by atoms with Crippen molar-refractivity contribution in [3.8, 4) is 28.7 Å². The van der Waals surface area contributed by atoms with Crippen LogP contribution in [0.4, 0.5) is 0 Å². The summed E-state index contributed by atoms with van der Waals surface area (Å²) in [4.78, 5) is 22.2. The summed E-state index contributed by atoms with van der Waals surface area (Å²) in [5.41, 5.74) is 0.879. The quantitative estimate of drug-likeness (QED) is 0.687. The molecule has 2 aromatic carbocycles. The van der Waals surface area contributed by atoms with Gasteiger partial charge in [0.2, 0.25) is 0 Å². The second-order valence-corrected chi connectivity index (χ2v) is 5.54. The zero-order valence-electron chi connectivity index (χ0n) is 15.1. The molecule has 2 N–H and O–H groups in total. The third kappa shape index (κ3) is 5.04. The molecule has 144 valence electrons. The Morgan fingerprint density at radius 3 is 1.89 bits per heavy atom. The normalized spacial score (nSPS) is 10.2. The van der Waals surface area contributed by atoms with E-state index >= 15 is 0 Å². The minimum absolute atomic E-state index is 0.186. The van der Waals surface area contributed by atoms with E-state index in [-0.39, 0.29) is 24.3 Å². The number of methoxy groups -OCH3 is 3. The molecule has 0 aliphatic carbocycles. The van der Waals surface area contributed by atoms with E-state index in [0.29, 0.717) is 28.4 Å². The van der Waals surface area contributed by atoms with Crippen molar-refractivity contribution >= 4 is 11.9 Å². The molecular weight excluding hydrogens is 356 g/mol. The zero-order valence-corrected chi connectivity index (χ0v) is 15.1. The molecular formula is C19H20O8. The number of aliphatic carboxylic acids is 2. The highest BCUT2D eigenvalue weighted by Gasteiger charge is 2.17. The summed E-state index contributed by atoms with van der Waals surface area (Å²) < 4.78 is 21.6. The first kappa shape index (κ1) is 19.9. The number of benzene rings is 2. The van der Waals surface area contributed by atoms with Crippen molar-refractivity contribution in [2.75, 3.05) is 21.3 Å². The van der Waals surface area contributed by atoms with Crippen LogP contribution in [-0.2, 0) is 22.4 Å². The minimum Gasteiger partial charge on any atom is -0.493 e. The summed E-state index contributed by atoms with van der Waals surface area (Å²) in [7, 11) is 4.35. The van der Waals surface area contributed by atoms with Crippen LogP contribution in [0.15, 0.2) is 30.3 Å². The number of rotatable bonds is 9. The topological polar surface area (TPSA) is 112 Å². The summed E-state index contributed by atoms with van der Waals surface area (Å²) in [6.07, 6.45) is -0.485. The SMILES string of the molecule is COc1cc(CC(=O)O)c(Oc2cc(CC(=O)O)ccc2OC)cc1OC. The molecule has 0 saturated carbocycles. The standard InChI is InChI=1S/C19H20O8/c1-24-13-5-4-11(7-18(20)21)6-17(13)27-14-10-16(26-3)15(25-2)8-12(14)9-19(22)23/h4-6,8,10H,7,9H2,1-3H3,(H,20,21)(H,22,23). The molecule has 27 heavy (non-hydrogen) atoms. The van der Waals surface area contributed by atoms with Crippen molar-refractivity contribution in [1.82, 2.24) is 0 Å². The first-order valence-corrected chi connectivity index (χ1v) is 7.91. The summed E-state index contributed by atoms with van der Waals surface area (Å²) in [6, 6.07) is 7.78. The maximum Gasteiger partial charge on any atom is 0.307 e. The Bertz CT molecular complexity index is 844. The van der Waals surface area contributed by atoms with Gasteiger partial charge in [0.05, 0.1) is 34.2 Å². The van der Waals surface area contributed by atoms with Crippen LogP contribution in [0.1, 0.15) is 11.1 Å². The predicted octanol–water partition coefficient (Wildman–Crippen LogP) is 2.76. The maximum absolute atomic E-state index is 11.2. The van der Waals surface area contributed by atoms with Gasteiger partial charge in [-0.05, 0) is 23.8 Å². The summed E-state index contributed by atoms with van der Waals surface area (Å²) in [5, 5.41) is 18.1. The van der Waals surface area contributed by atoms with Gasteiger partial charge >= 0.3 is 11.9 Å². The molecule has 2 aromatic rings. The molecule has 0 aromatic heterocycles. The number of carbonyl (C=O) groups is 2. The first-order valence-electron chi connectivity index (χ1n) is 7.91. The smallest absolute Gasteiger partial charge is 0.307 e. The fraction of sp³-hybridized carbons (Fsp3) is 0.263. The molecule has 0 bridgehead atoms. The molecule has 0 saturated heterocycles. The zero-order chi connectivity index (χ0) is 20.0. The summed E-state index contributed by atoms with van der Waals surface area (Å²) in [6.45, 7) is 0. The molecule has 0 radical (unpaired) electrons. The van der Waals surface area contributed by atoms with E-state index in [1.54, 1.807) is 12.1 Å². The fourth-order valence-electron chi connectivity index (χ4n) is 2.50. The van der Waals surface area contributed by atoms with Crippen LogP contribution in [0, 0.1) is 0 Å². The summed E-state index contributed by atoms with van der Waals surface area (Å²) in [5.74, 6) is -0.423. The molecule has 0 amide bonds. The van der Waals surface area contributed by atoms with Crippen molar-refractivity contribution in [2.24, 2.45) is 0 Å². The van der Waals surface area contributed by atoms with Crippen LogP contribution in [0.25, 0.3) is 0 Å². The third-order valence-electron chi connectivity index (χ3n) is 3.71. The number of hydrogen-bond donors (Lipinski definition) is 2. The Hall–Kier alpha value is -3.42. The molecule has 8 nitrogen and oxygen atoms in total. The van der Waals surface area contributed by atoms with Crippen LogP contribution in [0.2, 0.25) is 0 Å². The van der Waals surface area contributed by atoms with E-state index in [1.165, 1.54) is 39.5 Å². The van der Waals surface area contributed by atoms with Crippen LogP contribution < -0.4 is 18.9 Å². The van der Waals surface area contributed by atoms with E-state index in [1.807, 2.05) is 0 Å². The second kappa shape index (κ2) is 8.79. The molecule has 0 heterocycles. The van der Waals surface area contributed by atoms with E-state index in [9.17, 15) is 14.7 Å². The molecule has 2 rings (SSSR count). The molecule has 0 atom stereocenters. The van der Waals surface area contributed by atoms with Gasteiger partial charge in [-0.15, -0.1) is 0 Å².